The monoisotopic (exact) mass is 214 g/mol. The normalized spacial score (nSPS) is 19.9. The van der Waals surface area contributed by atoms with Gasteiger partial charge in [0.05, 0.1) is 6.04 Å². The molecule has 1 amide bonds. The van der Waals surface area contributed by atoms with E-state index in [2.05, 4.69) is 5.32 Å². The van der Waals surface area contributed by atoms with Crippen LogP contribution in [0.15, 0.2) is 0 Å². The van der Waals surface area contributed by atoms with E-state index in [4.69, 9.17) is 10.5 Å². The Hall–Kier alpha value is -0.610. The predicted molar refractivity (Wildman–Crippen MR) is 59.4 cm³/mol. The number of carbonyl (C=O) groups excluding carboxylic acids is 1. The number of methoxy groups -OCH3 is 1. The molecule has 3 N–H and O–H groups in total. The van der Waals surface area contributed by atoms with Crippen molar-refractivity contribution in [3.63, 3.8) is 0 Å². The standard InChI is InChI=1S/C11H22N2O2/c1-3-9(10(12)14)13-8-11(4-5-11)6-7-15-2/h9,13H,3-8H2,1-2H3,(H2,12,14). The molecule has 1 fully saturated rings. The lowest BCUT2D eigenvalue weighted by atomic mass is 10.0. The zero-order valence-corrected chi connectivity index (χ0v) is 9.71. The zero-order chi connectivity index (χ0) is 11.3. The van der Waals surface area contributed by atoms with E-state index >= 15 is 0 Å². The van der Waals surface area contributed by atoms with E-state index in [1.165, 1.54) is 12.8 Å². The largest absolute Gasteiger partial charge is 0.385 e. The molecule has 1 aliphatic rings. The lowest BCUT2D eigenvalue weighted by molar-refractivity contribution is -0.120. The van der Waals surface area contributed by atoms with E-state index in [0.29, 0.717) is 5.41 Å². The van der Waals surface area contributed by atoms with E-state index in [9.17, 15) is 4.79 Å². The summed E-state index contributed by atoms with van der Waals surface area (Å²) in [5.41, 5.74) is 5.64. The minimum absolute atomic E-state index is 0.176. The van der Waals surface area contributed by atoms with Gasteiger partial charge in [-0.3, -0.25) is 4.79 Å². The number of rotatable bonds is 8. The average molecular weight is 214 g/mol. The molecule has 1 unspecified atom stereocenters. The van der Waals surface area contributed by atoms with Crippen LogP contribution in [0.3, 0.4) is 0 Å². The van der Waals surface area contributed by atoms with Gasteiger partial charge in [0.15, 0.2) is 0 Å². The molecule has 4 heteroatoms. The SMILES string of the molecule is CCC(NCC1(CCOC)CC1)C(N)=O. The quantitative estimate of drug-likeness (QED) is 0.624. The van der Waals surface area contributed by atoms with Crippen molar-refractivity contribution in [2.75, 3.05) is 20.3 Å². The second-order valence-electron chi connectivity index (χ2n) is 4.49. The minimum atomic E-state index is -0.250. The molecule has 1 atom stereocenters. The van der Waals surface area contributed by atoms with Crippen molar-refractivity contribution in [3.8, 4) is 0 Å². The highest BCUT2D eigenvalue weighted by Crippen LogP contribution is 2.48. The summed E-state index contributed by atoms with van der Waals surface area (Å²) in [7, 11) is 1.72. The van der Waals surface area contributed by atoms with Crippen molar-refractivity contribution in [3.05, 3.63) is 0 Å². The third-order valence-electron chi connectivity index (χ3n) is 3.27. The molecule has 0 aliphatic heterocycles. The molecule has 0 heterocycles. The van der Waals surface area contributed by atoms with Crippen LogP contribution in [-0.2, 0) is 9.53 Å². The first kappa shape index (κ1) is 12.5. The minimum Gasteiger partial charge on any atom is -0.385 e. The van der Waals surface area contributed by atoms with Gasteiger partial charge in [0.2, 0.25) is 5.91 Å². The molecule has 0 spiro atoms. The molecule has 0 bridgehead atoms. The number of amides is 1. The van der Waals surface area contributed by atoms with E-state index in [1.54, 1.807) is 7.11 Å². The average Bonchev–Trinajstić information content (AvgIpc) is 2.96. The molecule has 0 aromatic rings. The first-order valence-electron chi connectivity index (χ1n) is 5.65. The number of nitrogens with one attached hydrogen (secondary N) is 1. The van der Waals surface area contributed by atoms with Crippen LogP contribution in [-0.4, -0.2) is 32.2 Å². The number of hydrogen-bond donors (Lipinski definition) is 2. The molecular weight excluding hydrogens is 192 g/mol. The molecule has 88 valence electrons. The van der Waals surface area contributed by atoms with Gasteiger partial charge in [-0.05, 0) is 31.1 Å². The summed E-state index contributed by atoms with van der Waals surface area (Å²) in [6, 6.07) is -0.176. The highest BCUT2D eigenvalue weighted by molar-refractivity contribution is 5.79. The number of primary amides is 1. The Morgan fingerprint density at radius 2 is 2.27 bits per heavy atom. The Balaban J connectivity index is 2.26. The third kappa shape index (κ3) is 3.80. The Morgan fingerprint density at radius 1 is 1.60 bits per heavy atom. The van der Waals surface area contributed by atoms with Crippen LogP contribution in [0.25, 0.3) is 0 Å². The fraction of sp³-hybridized carbons (Fsp3) is 0.909. The second-order valence-corrected chi connectivity index (χ2v) is 4.49. The van der Waals surface area contributed by atoms with Gasteiger partial charge in [-0.1, -0.05) is 6.92 Å². The number of ether oxygens (including phenoxy) is 1. The van der Waals surface area contributed by atoms with Crippen molar-refractivity contribution >= 4 is 5.91 Å². The fourth-order valence-corrected chi connectivity index (χ4v) is 1.80. The van der Waals surface area contributed by atoms with Gasteiger partial charge in [-0.25, -0.2) is 0 Å². The maximum atomic E-state index is 11.0. The summed E-state index contributed by atoms with van der Waals surface area (Å²) in [5, 5.41) is 3.25. The number of hydrogen-bond acceptors (Lipinski definition) is 3. The highest BCUT2D eigenvalue weighted by atomic mass is 16.5. The Morgan fingerprint density at radius 3 is 2.67 bits per heavy atom. The summed E-state index contributed by atoms with van der Waals surface area (Å²) in [6.07, 6.45) is 4.30. The van der Waals surface area contributed by atoms with Gasteiger partial charge in [0, 0.05) is 20.3 Å². The first-order valence-corrected chi connectivity index (χ1v) is 5.65. The van der Waals surface area contributed by atoms with Gasteiger partial charge in [-0.15, -0.1) is 0 Å². The molecule has 4 nitrogen and oxygen atoms in total. The van der Waals surface area contributed by atoms with E-state index < -0.39 is 0 Å². The summed E-state index contributed by atoms with van der Waals surface area (Å²) in [5.74, 6) is -0.250. The van der Waals surface area contributed by atoms with Gasteiger partial charge >= 0.3 is 0 Å². The van der Waals surface area contributed by atoms with Crippen LogP contribution in [0, 0.1) is 5.41 Å². The topological polar surface area (TPSA) is 64.3 Å². The molecule has 15 heavy (non-hydrogen) atoms. The second kappa shape index (κ2) is 5.47. The van der Waals surface area contributed by atoms with Crippen LogP contribution in [0.2, 0.25) is 0 Å². The van der Waals surface area contributed by atoms with Crippen LogP contribution in [0.5, 0.6) is 0 Å². The van der Waals surface area contributed by atoms with Gasteiger partial charge in [0.1, 0.15) is 0 Å². The Kier molecular flexibility index (Phi) is 4.54. The smallest absolute Gasteiger partial charge is 0.234 e. The fourth-order valence-electron chi connectivity index (χ4n) is 1.80. The Bertz CT molecular complexity index is 215. The molecule has 0 saturated heterocycles. The lowest BCUT2D eigenvalue weighted by Gasteiger charge is -2.19. The summed E-state index contributed by atoms with van der Waals surface area (Å²) in [6.45, 7) is 3.66. The van der Waals surface area contributed by atoms with Crippen molar-refractivity contribution in [1.82, 2.24) is 5.32 Å². The maximum absolute atomic E-state index is 11.0. The van der Waals surface area contributed by atoms with Crippen LogP contribution < -0.4 is 11.1 Å². The summed E-state index contributed by atoms with van der Waals surface area (Å²) in [4.78, 5) is 11.0. The zero-order valence-electron chi connectivity index (χ0n) is 9.71. The van der Waals surface area contributed by atoms with Gasteiger partial charge < -0.3 is 15.8 Å². The summed E-state index contributed by atoms with van der Waals surface area (Å²) < 4.78 is 5.08. The molecule has 0 aromatic carbocycles. The van der Waals surface area contributed by atoms with E-state index in [-0.39, 0.29) is 11.9 Å². The molecule has 0 aromatic heterocycles. The molecule has 1 saturated carbocycles. The van der Waals surface area contributed by atoms with Crippen molar-refractivity contribution in [1.29, 1.82) is 0 Å². The maximum Gasteiger partial charge on any atom is 0.234 e. The van der Waals surface area contributed by atoms with Crippen molar-refractivity contribution in [2.45, 2.75) is 38.6 Å². The van der Waals surface area contributed by atoms with Crippen LogP contribution >= 0.6 is 0 Å². The summed E-state index contributed by atoms with van der Waals surface area (Å²) >= 11 is 0. The molecular formula is C11H22N2O2. The van der Waals surface area contributed by atoms with Crippen molar-refractivity contribution in [2.24, 2.45) is 11.1 Å². The molecule has 1 aliphatic carbocycles. The van der Waals surface area contributed by atoms with E-state index in [1.807, 2.05) is 6.92 Å². The molecule has 1 rings (SSSR count). The number of nitrogens with two attached hydrogens (primary N) is 1. The Labute approximate surface area is 91.5 Å². The van der Waals surface area contributed by atoms with Crippen LogP contribution in [0.1, 0.15) is 32.6 Å². The highest BCUT2D eigenvalue weighted by Gasteiger charge is 2.42. The van der Waals surface area contributed by atoms with Crippen molar-refractivity contribution < 1.29 is 9.53 Å². The van der Waals surface area contributed by atoms with Crippen LogP contribution in [0.4, 0.5) is 0 Å². The lowest BCUT2D eigenvalue weighted by Crippen LogP contribution is -2.43. The van der Waals surface area contributed by atoms with E-state index in [0.717, 1.165) is 26.0 Å². The predicted octanol–water partition coefficient (Wildman–Crippen LogP) is 0.657. The third-order valence-corrected chi connectivity index (χ3v) is 3.27. The molecule has 0 radical (unpaired) electrons. The van der Waals surface area contributed by atoms with Gasteiger partial charge in [0.25, 0.3) is 0 Å². The number of carbonyl (C=O) groups is 1. The van der Waals surface area contributed by atoms with Gasteiger partial charge in [-0.2, -0.15) is 0 Å². The first-order chi connectivity index (χ1) is 7.13.